The van der Waals surface area contributed by atoms with Crippen LogP contribution >= 0.6 is 0 Å². The van der Waals surface area contributed by atoms with Crippen molar-refractivity contribution in [1.29, 1.82) is 0 Å². The van der Waals surface area contributed by atoms with Crippen molar-refractivity contribution in [2.45, 2.75) is 46.3 Å². The molecule has 1 atom stereocenters. The predicted octanol–water partition coefficient (Wildman–Crippen LogP) is 2.83. The van der Waals surface area contributed by atoms with Crippen LogP contribution in [0.25, 0.3) is 0 Å². The Bertz CT molecular complexity index is 408. The van der Waals surface area contributed by atoms with Gasteiger partial charge in [0.15, 0.2) is 0 Å². The summed E-state index contributed by atoms with van der Waals surface area (Å²) in [6.07, 6.45) is 0. The van der Waals surface area contributed by atoms with Gasteiger partial charge >= 0.3 is 0 Å². The topological polar surface area (TPSA) is 18.5 Å². The third kappa shape index (κ3) is 5.71. The normalized spacial score (nSPS) is 19.0. The van der Waals surface area contributed by atoms with Crippen molar-refractivity contribution in [2.75, 3.05) is 32.7 Å². The van der Waals surface area contributed by atoms with Crippen LogP contribution in [0.5, 0.6) is 0 Å². The van der Waals surface area contributed by atoms with Gasteiger partial charge in [0.1, 0.15) is 0 Å². The Balaban J connectivity index is 1.76. The number of hydrogen-bond acceptors (Lipinski definition) is 3. The minimum Gasteiger partial charge on any atom is -0.310 e. The first-order valence-electron chi connectivity index (χ1n) is 8.79. The Morgan fingerprint density at radius 2 is 1.50 bits per heavy atom. The number of benzene rings is 1. The lowest BCUT2D eigenvalue weighted by Crippen LogP contribution is -2.52. The number of nitrogens with one attached hydrogen (secondary N) is 1. The zero-order valence-electron chi connectivity index (χ0n) is 14.8. The highest BCUT2D eigenvalue weighted by Gasteiger charge is 2.22. The molecular formula is C19H33N3. The molecule has 1 heterocycles. The van der Waals surface area contributed by atoms with Crippen molar-refractivity contribution in [3.05, 3.63) is 35.9 Å². The Morgan fingerprint density at radius 3 is 2.05 bits per heavy atom. The van der Waals surface area contributed by atoms with Crippen LogP contribution in [0.3, 0.4) is 0 Å². The maximum absolute atomic E-state index is 3.72. The van der Waals surface area contributed by atoms with E-state index in [-0.39, 0.29) is 0 Å². The van der Waals surface area contributed by atoms with E-state index in [1.54, 1.807) is 0 Å². The first-order valence-corrected chi connectivity index (χ1v) is 8.79. The molecule has 1 saturated heterocycles. The Labute approximate surface area is 136 Å². The molecule has 22 heavy (non-hydrogen) atoms. The number of hydrogen-bond donors (Lipinski definition) is 1. The molecule has 1 N–H and O–H groups in total. The first-order chi connectivity index (χ1) is 10.5. The Morgan fingerprint density at radius 1 is 0.909 bits per heavy atom. The van der Waals surface area contributed by atoms with E-state index in [1.165, 1.54) is 38.3 Å². The minimum atomic E-state index is 0.562. The molecule has 3 nitrogen and oxygen atoms in total. The molecule has 0 radical (unpaired) electrons. The van der Waals surface area contributed by atoms with Crippen LogP contribution in [0.4, 0.5) is 0 Å². The summed E-state index contributed by atoms with van der Waals surface area (Å²) in [5.41, 5.74) is 1.43. The molecule has 0 saturated carbocycles. The largest absolute Gasteiger partial charge is 0.310 e. The van der Waals surface area contributed by atoms with E-state index in [1.807, 2.05) is 0 Å². The van der Waals surface area contributed by atoms with Gasteiger partial charge in [0, 0.05) is 51.4 Å². The van der Waals surface area contributed by atoms with Gasteiger partial charge in [-0.05, 0) is 11.5 Å². The third-order valence-electron chi connectivity index (χ3n) is 4.52. The second kappa shape index (κ2) is 8.66. The van der Waals surface area contributed by atoms with Gasteiger partial charge in [-0.15, -0.1) is 0 Å². The van der Waals surface area contributed by atoms with Crippen LogP contribution < -0.4 is 5.32 Å². The predicted molar refractivity (Wildman–Crippen MR) is 95.1 cm³/mol. The van der Waals surface area contributed by atoms with Gasteiger partial charge < -0.3 is 5.32 Å². The molecule has 0 spiro atoms. The van der Waals surface area contributed by atoms with Crippen molar-refractivity contribution < 1.29 is 0 Å². The van der Waals surface area contributed by atoms with Crippen LogP contribution in [0.15, 0.2) is 30.3 Å². The van der Waals surface area contributed by atoms with Crippen molar-refractivity contribution in [3.63, 3.8) is 0 Å². The molecule has 0 amide bonds. The van der Waals surface area contributed by atoms with E-state index >= 15 is 0 Å². The Hall–Kier alpha value is -0.900. The summed E-state index contributed by atoms with van der Waals surface area (Å²) in [6, 6.07) is 12.0. The molecule has 3 heteroatoms. The fourth-order valence-electron chi connectivity index (χ4n) is 3.13. The maximum atomic E-state index is 3.72. The lowest BCUT2D eigenvalue weighted by Gasteiger charge is -2.38. The van der Waals surface area contributed by atoms with Crippen molar-refractivity contribution in [3.8, 4) is 0 Å². The average Bonchev–Trinajstić information content (AvgIpc) is 2.49. The summed E-state index contributed by atoms with van der Waals surface area (Å²) in [7, 11) is 0. The highest BCUT2D eigenvalue weighted by molar-refractivity contribution is 5.14. The Kier molecular flexibility index (Phi) is 6.87. The first kappa shape index (κ1) is 17.5. The van der Waals surface area contributed by atoms with Gasteiger partial charge in [-0.2, -0.15) is 0 Å². The van der Waals surface area contributed by atoms with Gasteiger partial charge in [0.25, 0.3) is 0 Å². The van der Waals surface area contributed by atoms with Crippen molar-refractivity contribution in [1.82, 2.24) is 15.1 Å². The van der Waals surface area contributed by atoms with E-state index in [9.17, 15) is 0 Å². The van der Waals surface area contributed by atoms with Crippen LogP contribution in [-0.2, 0) is 6.54 Å². The van der Waals surface area contributed by atoms with Crippen LogP contribution in [0.2, 0.25) is 0 Å². The zero-order chi connectivity index (χ0) is 15.9. The highest BCUT2D eigenvalue weighted by atomic mass is 15.3. The number of piperazine rings is 1. The summed E-state index contributed by atoms with van der Waals surface area (Å²) in [6.45, 7) is 16.1. The van der Waals surface area contributed by atoms with Crippen LogP contribution in [-0.4, -0.2) is 54.6 Å². The van der Waals surface area contributed by atoms with Crippen molar-refractivity contribution in [2.24, 2.45) is 5.92 Å². The molecule has 1 aromatic carbocycles. The molecule has 0 aromatic heterocycles. The number of rotatable bonds is 7. The van der Waals surface area contributed by atoms with E-state index in [4.69, 9.17) is 0 Å². The lowest BCUT2D eigenvalue weighted by atomic mass is 10.0. The minimum absolute atomic E-state index is 0.562. The number of nitrogens with zero attached hydrogens (tertiary/aromatic N) is 2. The monoisotopic (exact) mass is 303 g/mol. The average molecular weight is 303 g/mol. The molecule has 1 aliphatic rings. The summed E-state index contributed by atoms with van der Waals surface area (Å²) in [4.78, 5) is 5.20. The molecule has 2 rings (SSSR count). The summed E-state index contributed by atoms with van der Waals surface area (Å²) < 4.78 is 0. The second-order valence-electron chi connectivity index (χ2n) is 7.23. The van der Waals surface area contributed by atoms with E-state index in [0.717, 1.165) is 6.54 Å². The molecule has 1 fully saturated rings. The molecule has 1 aliphatic heterocycles. The van der Waals surface area contributed by atoms with Crippen LogP contribution in [0, 0.1) is 5.92 Å². The second-order valence-corrected chi connectivity index (χ2v) is 7.23. The van der Waals surface area contributed by atoms with Gasteiger partial charge in [-0.3, -0.25) is 9.80 Å². The molecule has 0 bridgehead atoms. The van der Waals surface area contributed by atoms with Crippen LogP contribution in [0.1, 0.15) is 33.3 Å². The SMILES string of the molecule is CC(C)N[C@@H](CN1CCN(Cc2ccccc2)CC1)C(C)C. The van der Waals surface area contributed by atoms with Gasteiger partial charge in [-0.1, -0.05) is 58.0 Å². The molecular weight excluding hydrogens is 270 g/mol. The fraction of sp³-hybridized carbons (Fsp3) is 0.684. The van der Waals surface area contributed by atoms with E-state index < -0.39 is 0 Å². The van der Waals surface area contributed by atoms with Gasteiger partial charge in [-0.25, -0.2) is 0 Å². The van der Waals surface area contributed by atoms with Crippen molar-refractivity contribution >= 4 is 0 Å². The molecule has 124 valence electrons. The third-order valence-corrected chi connectivity index (χ3v) is 4.52. The molecule has 1 aromatic rings. The van der Waals surface area contributed by atoms with Gasteiger partial charge in [0.2, 0.25) is 0 Å². The molecule has 0 aliphatic carbocycles. The quantitative estimate of drug-likeness (QED) is 0.835. The maximum Gasteiger partial charge on any atom is 0.0234 e. The van der Waals surface area contributed by atoms with E-state index in [0.29, 0.717) is 18.0 Å². The summed E-state index contributed by atoms with van der Waals surface area (Å²) in [5.74, 6) is 0.685. The fourth-order valence-corrected chi connectivity index (χ4v) is 3.13. The summed E-state index contributed by atoms with van der Waals surface area (Å²) >= 11 is 0. The molecule has 0 unspecified atom stereocenters. The smallest absolute Gasteiger partial charge is 0.0234 e. The van der Waals surface area contributed by atoms with Gasteiger partial charge in [0.05, 0.1) is 0 Å². The lowest BCUT2D eigenvalue weighted by molar-refractivity contribution is 0.110. The highest BCUT2D eigenvalue weighted by Crippen LogP contribution is 2.11. The van der Waals surface area contributed by atoms with E-state index in [2.05, 4.69) is 73.1 Å². The standard InChI is InChI=1S/C19H33N3/c1-16(2)19(20-17(3)4)15-22-12-10-21(11-13-22)14-18-8-6-5-7-9-18/h5-9,16-17,19-20H,10-15H2,1-4H3/t19-/m0/s1. The summed E-state index contributed by atoms with van der Waals surface area (Å²) in [5, 5.41) is 3.72. The zero-order valence-corrected chi connectivity index (χ0v) is 14.8.